The molecule has 7 nitrogen and oxygen atoms in total. The molecule has 0 atom stereocenters. The van der Waals surface area contributed by atoms with E-state index in [9.17, 15) is 9.59 Å². The Balaban J connectivity index is 1.09. The van der Waals surface area contributed by atoms with Crippen LogP contribution in [-0.4, -0.2) is 51.1 Å². The summed E-state index contributed by atoms with van der Waals surface area (Å²) in [4.78, 5) is 30.8. The molecule has 0 radical (unpaired) electrons. The SMILES string of the molecule is Cc1nn(-c2ccccc2)cc1C(=O)N1CCC(CC(=O)NCCc2c[nH]c3ccccc23)CC1. The molecule has 0 aliphatic carbocycles. The van der Waals surface area contributed by atoms with Gasteiger partial charge in [-0.15, -0.1) is 0 Å². The van der Waals surface area contributed by atoms with Gasteiger partial charge in [-0.05, 0) is 55.9 Å². The Bertz CT molecular complexity index is 1320. The van der Waals surface area contributed by atoms with Crippen molar-refractivity contribution in [2.45, 2.75) is 32.6 Å². The monoisotopic (exact) mass is 469 g/mol. The van der Waals surface area contributed by atoms with Gasteiger partial charge in [0.1, 0.15) is 0 Å². The molecule has 35 heavy (non-hydrogen) atoms. The summed E-state index contributed by atoms with van der Waals surface area (Å²) in [6, 6.07) is 18.0. The van der Waals surface area contributed by atoms with Crippen LogP contribution < -0.4 is 5.32 Å². The molecule has 1 fully saturated rings. The smallest absolute Gasteiger partial charge is 0.257 e. The van der Waals surface area contributed by atoms with Gasteiger partial charge in [0.15, 0.2) is 0 Å². The highest BCUT2D eigenvalue weighted by molar-refractivity contribution is 5.95. The van der Waals surface area contributed by atoms with Gasteiger partial charge in [0, 0.05) is 49.4 Å². The molecule has 0 bridgehead atoms. The third-order valence-corrected chi connectivity index (χ3v) is 6.92. The summed E-state index contributed by atoms with van der Waals surface area (Å²) < 4.78 is 1.76. The van der Waals surface area contributed by atoms with Gasteiger partial charge in [0.2, 0.25) is 5.91 Å². The minimum absolute atomic E-state index is 0.0197. The molecule has 2 aromatic heterocycles. The number of nitrogens with zero attached hydrogens (tertiary/aromatic N) is 3. The molecule has 0 saturated carbocycles. The molecule has 1 aliphatic heterocycles. The number of aryl methyl sites for hydroxylation is 1. The largest absolute Gasteiger partial charge is 0.361 e. The topological polar surface area (TPSA) is 83.0 Å². The van der Waals surface area contributed by atoms with Crippen molar-refractivity contribution in [2.24, 2.45) is 5.92 Å². The zero-order valence-electron chi connectivity index (χ0n) is 20.0. The predicted molar refractivity (Wildman–Crippen MR) is 137 cm³/mol. The fourth-order valence-corrected chi connectivity index (χ4v) is 4.90. The molecule has 0 spiro atoms. The molecular weight excluding hydrogens is 438 g/mol. The van der Waals surface area contributed by atoms with E-state index >= 15 is 0 Å². The number of nitrogens with one attached hydrogen (secondary N) is 2. The fraction of sp³-hybridized carbons (Fsp3) is 0.321. The lowest BCUT2D eigenvalue weighted by Gasteiger charge is -2.31. The Kier molecular flexibility index (Phi) is 6.66. The van der Waals surface area contributed by atoms with Crippen LogP contribution in [0.2, 0.25) is 0 Å². The molecule has 5 rings (SSSR count). The summed E-state index contributed by atoms with van der Waals surface area (Å²) in [6.45, 7) is 3.84. The Morgan fingerprint density at radius 3 is 2.60 bits per heavy atom. The van der Waals surface area contributed by atoms with Gasteiger partial charge in [-0.1, -0.05) is 36.4 Å². The molecule has 0 unspecified atom stereocenters. The second kappa shape index (κ2) is 10.2. The van der Waals surface area contributed by atoms with Crippen molar-refractivity contribution in [3.8, 4) is 5.69 Å². The van der Waals surface area contributed by atoms with Crippen LogP contribution in [0.3, 0.4) is 0 Å². The number of piperidine rings is 1. The van der Waals surface area contributed by atoms with E-state index in [0.717, 1.165) is 36.2 Å². The normalized spacial score (nSPS) is 14.4. The van der Waals surface area contributed by atoms with E-state index in [4.69, 9.17) is 0 Å². The van der Waals surface area contributed by atoms with E-state index in [1.807, 2.05) is 66.7 Å². The second-order valence-corrected chi connectivity index (χ2v) is 9.31. The van der Waals surface area contributed by atoms with E-state index in [1.165, 1.54) is 10.9 Å². The number of carbonyl (C=O) groups excluding carboxylic acids is 2. The molecule has 3 heterocycles. The highest BCUT2D eigenvalue weighted by Crippen LogP contribution is 2.23. The van der Waals surface area contributed by atoms with Crippen molar-refractivity contribution in [2.75, 3.05) is 19.6 Å². The number of likely N-dealkylation sites (tertiary alicyclic amines) is 1. The van der Waals surface area contributed by atoms with Crippen LogP contribution in [-0.2, 0) is 11.2 Å². The maximum absolute atomic E-state index is 13.1. The molecule has 1 saturated heterocycles. The van der Waals surface area contributed by atoms with Crippen LogP contribution in [0, 0.1) is 12.8 Å². The lowest BCUT2D eigenvalue weighted by atomic mass is 9.93. The summed E-state index contributed by atoms with van der Waals surface area (Å²) in [5, 5.41) is 8.81. The van der Waals surface area contributed by atoms with Crippen molar-refractivity contribution < 1.29 is 9.59 Å². The molecule has 2 amide bonds. The first-order valence-electron chi connectivity index (χ1n) is 12.3. The minimum atomic E-state index is 0.0197. The molecule has 1 aliphatic rings. The van der Waals surface area contributed by atoms with E-state index in [0.29, 0.717) is 37.5 Å². The molecule has 2 aromatic carbocycles. The van der Waals surface area contributed by atoms with Crippen LogP contribution in [0.5, 0.6) is 0 Å². The van der Waals surface area contributed by atoms with Gasteiger partial charge in [-0.2, -0.15) is 5.10 Å². The third kappa shape index (κ3) is 5.14. The van der Waals surface area contributed by atoms with Crippen molar-refractivity contribution in [3.63, 3.8) is 0 Å². The standard InChI is InChI=1S/C28H31N5O2/c1-20-25(19-33(31-20)23-7-3-2-4-8-23)28(35)32-15-12-21(13-16-32)17-27(34)29-14-11-22-18-30-26-10-6-5-9-24(22)26/h2-10,18-19,21,30H,11-17H2,1H3,(H,29,34). The zero-order valence-corrected chi connectivity index (χ0v) is 20.0. The van der Waals surface area contributed by atoms with E-state index < -0.39 is 0 Å². The number of carbonyl (C=O) groups is 2. The van der Waals surface area contributed by atoms with Crippen molar-refractivity contribution in [1.82, 2.24) is 25.0 Å². The van der Waals surface area contributed by atoms with Crippen LogP contribution in [0.15, 0.2) is 67.0 Å². The summed E-state index contributed by atoms with van der Waals surface area (Å²) in [7, 11) is 0. The third-order valence-electron chi connectivity index (χ3n) is 6.92. The maximum atomic E-state index is 13.1. The van der Waals surface area contributed by atoms with Crippen LogP contribution >= 0.6 is 0 Å². The average Bonchev–Trinajstić information content (AvgIpc) is 3.48. The van der Waals surface area contributed by atoms with Crippen molar-refractivity contribution in [3.05, 3.63) is 83.8 Å². The summed E-state index contributed by atoms with van der Waals surface area (Å²) >= 11 is 0. The number of H-pyrrole nitrogens is 1. The summed E-state index contributed by atoms with van der Waals surface area (Å²) in [5.41, 5.74) is 4.65. The number of aromatic nitrogens is 3. The van der Waals surface area contributed by atoms with E-state index in [1.54, 1.807) is 4.68 Å². The quantitative estimate of drug-likeness (QED) is 0.424. The summed E-state index contributed by atoms with van der Waals surface area (Å²) in [6.07, 6.45) is 6.84. The first kappa shape index (κ1) is 22.9. The highest BCUT2D eigenvalue weighted by atomic mass is 16.2. The van der Waals surface area contributed by atoms with Crippen LogP contribution in [0.25, 0.3) is 16.6 Å². The number of amides is 2. The Labute approximate surface area is 205 Å². The zero-order chi connectivity index (χ0) is 24.2. The Morgan fingerprint density at radius 2 is 1.80 bits per heavy atom. The van der Waals surface area contributed by atoms with Crippen molar-refractivity contribution >= 4 is 22.7 Å². The van der Waals surface area contributed by atoms with Gasteiger partial charge < -0.3 is 15.2 Å². The van der Waals surface area contributed by atoms with Gasteiger partial charge in [0.25, 0.3) is 5.91 Å². The van der Waals surface area contributed by atoms with E-state index in [2.05, 4.69) is 27.5 Å². The first-order chi connectivity index (χ1) is 17.1. The Hall–Kier alpha value is -3.87. The van der Waals surface area contributed by atoms with Gasteiger partial charge in [-0.25, -0.2) is 4.68 Å². The number of hydrogen-bond donors (Lipinski definition) is 2. The Morgan fingerprint density at radius 1 is 1.06 bits per heavy atom. The lowest BCUT2D eigenvalue weighted by molar-refractivity contribution is -0.122. The summed E-state index contributed by atoms with van der Waals surface area (Å²) in [5.74, 6) is 0.418. The molecular formula is C28H31N5O2. The first-order valence-corrected chi connectivity index (χ1v) is 12.3. The number of fused-ring (bicyclic) bond motifs is 1. The number of benzene rings is 2. The lowest BCUT2D eigenvalue weighted by Crippen LogP contribution is -2.40. The van der Waals surface area contributed by atoms with Gasteiger partial charge in [-0.3, -0.25) is 9.59 Å². The fourth-order valence-electron chi connectivity index (χ4n) is 4.90. The van der Waals surface area contributed by atoms with Crippen LogP contribution in [0.1, 0.15) is 40.9 Å². The number of para-hydroxylation sites is 2. The predicted octanol–water partition coefficient (Wildman–Crippen LogP) is 4.26. The number of hydrogen-bond acceptors (Lipinski definition) is 3. The average molecular weight is 470 g/mol. The molecule has 7 heteroatoms. The van der Waals surface area contributed by atoms with Crippen molar-refractivity contribution in [1.29, 1.82) is 0 Å². The highest BCUT2D eigenvalue weighted by Gasteiger charge is 2.27. The molecule has 2 N–H and O–H groups in total. The maximum Gasteiger partial charge on any atom is 0.257 e. The number of rotatable bonds is 7. The minimum Gasteiger partial charge on any atom is -0.361 e. The van der Waals surface area contributed by atoms with Gasteiger partial charge in [0.05, 0.1) is 16.9 Å². The van der Waals surface area contributed by atoms with Crippen LogP contribution in [0.4, 0.5) is 0 Å². The number of aromatic amines is 1. The van der Waals surface area contributed by atoms with E-state index in [-0.39, 0.29) is 11.8 Å². The second-order valence-electron chi connectivity index (χ2n) is 9.31. The molecule has 180 valence electrons. The molecule has 4 aromatic rings. The van der Waals surface area contributed by atoms with Gasteiger partial charge >= 0.3 is 0 Å².